The summed E-state index contributed by atoms with van der Waals surface area (Å²) >= 11 is 0. The van der Waals surface area contributed by atoms with Gasteiger partial charge in [0, 0.05) is 24.2 Å². The predicted octanol–water partition coefficient (Wildman–Crippen LogP) is 3.33. The van der Waals surface area contributed by atoms with Crippen LogP contribution in [0.3, 0.4) is 0 Å². The highest BCUT2D eigenvalue weighted by Crippen LogP contribution is 2.31. The molecular weight excluding hydrogens is 340 g/mol. The molecule has 2 aliphatic rings. The quantitative estimate of drug-likeness (QED) is 0.627. The minimum Gasteiger partial charge on any atom is -0.493 e. The molecule has 1 aromatic carbocycles. The van der Waals surface area contributed by atoms with E-state index in [1.54, 1.807) is 6.20 Å². The van der Waals surface area contributed by atoms with E-state index in [1.165, 1.54) is 12.8 Å². The fraction of sp³-hybridized carbons (Fsp3) is 0.429. The lowest BCUT2D eigenvalue weighted by Crippen LogP contribution is -2.37. The maximum atomic E-state index is 6.13. The lowest BCUT2D eigenvalue weighted by Gasteiger charge is -2.26. The van der Waals surface area contributed by atoms with Gasteiger partial charge in [-0.15, -0.1) is 0 Å². The number of benzene rings is 1. The molecule has 0 bridgehead atoms. The second-order valence-electron chi connectivity index (χ2n) is 7.10. The van der Waals surface area contributed by atoms with E-state index in [9.17, 15) is 0 Å². The van der Waals surface area contributed by atoms with Crippen LogP contribution >= 0.6 is 0 Å². The molecule has 142 valence electrons. The Balaban J connectivity index is 1.37. The topological polar surface area (TPSA) is 81.8 Å². The summed E-state index contributed by atoms with van der Waals surface area (Å²) in [5.41, 5.74) is 8.29. The predicted molar refractivity (Wildman–Crippen MR) is 105 cm³/mol. The van der Waals surface area contributed by atoms with Gasteiger partial charge in [0.25, 0.3) is 0 Å². The summed E-state index contributed by atoms with van der Waals surface area (Å²) in [7, 11) is 0. The molecule has 0 saturated heterocycles. The zero-order chi connectivity index (χ0) is 18.5. The Morgan fingerprint density at radius 3 is 2.96 bits per heavy atom. The van der Waals surface area contributed by atoms with Crippen molar-refractivity contribution in [2.45, 2.75) is 50.8 Å². The van der Waals surface area contributed by atoms with E-state index in [0.29, 0.717) is 31.1 Å². The monoisotopic (exact) mass is 366 g/mol. The fourth-order valence-corrected chi connectivity index (χ4v) is 3.68. The molecule has 6 heteroatoms. The lowest BCUT2D eigenvalue weighted by atomic mass is 10.0. The van der Waals surface area contributed by atoms with Crippen molar-refractivity contribution in [1.82, 2.24) is 10.3 Å². The maximum absolute atomic E-state index is 6.13. The second-order valence-corrected chi connectivity index (χ2v) is 7.10. The van der Waals surface area contributed by atoms with Crippen molar-refractivity contribution in [2.75, 3.05) is 6.61 Å². The van der Waals surface area contributed by atoms with E-state index in [1.807, 2.05) is 30.3 Å². The van der Waals surface area contributed by atoms with Gasteiger partial charge in [0.1, 0.15) is 11.9 Å². The molecule has 1 unspecified atom stereocenters. The molecule has 6 nitrogen and oxygen atoms in total. The van der Waals surface area contributed by atoms with Gasteiger partial charge >= 0.3 is 0 Å². The Morgan fingerprint density at radius 2 is 2.07 bits per heavy atom. The number of fused-ring (bicyclic) bond motifs is 1. The molecule has 0 spiro atoms. The van der Waals surface area contributed by atoms with Crippen LogP contribution < -0.4 is 20.5 Å². The normalized spacial score (nSPS) is 20.0. The van der Waals surface area contributed by atoms with Crippen molar-refractivity contribution < 1.29 is 9.47 Å². The second kappa shape index (κ2) is 8.29. The number of nitrogens with zero attached hydrogens (tertiary/aromatic N) is 2. The molecule has 1 aliphatic carbocycles. The molecule has 2 aromatic rings. The fourth-order valence-electron chi connectivity index (χ4n) is 3.68. The van der Waals surface area contributed by atoms with Gasteiger partial charge in [-0.2, -0.15) is 0 Å². The van der Waals surface area contributed by atoms with Crippen LogP contribution in [-0.2, 0) is 6.54 Å². The standard InChI is InChI=1S/C21H26N4O2/c22-21(25-18-10-12-26-19-8-4-3-7-17(18)19)24-14-15-9-11-23-20(13-15)27-16-5-1-2-6-16/h3-4,7-9,11,13,16,18H,1-2,5-6,10,12,14H2,(H3,22,24,25). The van der Waals surface area contributed by atoms with Crippen molar-refractivity contribution >= 4 is 5.96 Å². The van der Waals surface area contributed by atoms with Crippen LogP contribution in [0.4, 0.5) is 0 Å². The van der Waals surface area contributed by atoms with Gasteiger partial charge < -0.3 is 20.5 Å². The Hall–Kier alpha value is -2.76. The van der Waals surface area contributed by atoms with Crippen LogP contribution in [-0.4, -0.2) is 23.7 Å². The summed E-state index contributed by atoms with van der Waals surface area (Å²) in [5.74, 6) is 2.03. The Bertz CT molecular complexity index is 802. The molecule has 1 atom stereocenters. The van der Waals surface area contributed by atoms with E-state index >= 15 is 0 Å². The number of aromatic nitrogens is 1. The van der Waals surface area contributed by atoms with E-state index in [-0.39, 0.29) is 6.04 Å². The van der Waals surface area contributed by atoms with E-state index in [0.717, 1.165) is 36.1 Å². The van der Waals surface area contributed by atoms with Gasteiger partial charge in [-0.3, -0.25) is 0 Å². The summed E-state index contributed by atoms with van der Waals surface area (Å²) in [5, 5.41) is 3.32. The van der Waals surface area contributed by atoms with Gasteiger partial charge in [0.15, 0.2) is 5.96 Å². The van der Waals surface area contributed by atoms with Crippen LogP contribution in [0, 0.1) is 0 Å². The number of pyridine rings is 1. The summed E-state index contributed by atoms with van der Waals surface area (Å²) in [6.45, 7) is 1.17. The van der Waals surface area contributed by atoms with Crippen LogP contribution in [0.1, 0.15) is 49.3 Å². The third-order valence-corrected chi connectivity index (χ3v) is 5.10. The van der Waals surface area contributed by atoms with Crippen molar-refractivity contribution in [3.05, 3.63) is 53.7 Å². The van der Waals surface area contributed by atoms with Crippen LogP contribution in [0.25, 0.3) is 0 Å². The highest BCUT2D eigenvalue weighted by Gasteiger charge is 2.21. The average Bonchev–Trinajstić information content (AvgIpc) is 3.20. The number of ether oxygens (including phenoxy) is 2. The molecule has 4 rings (SSSR count). The van der Waals surface area contributed by atoms with Crippen molar-refractivity contribution in [3.63, 3.8) is 0 Å². The van der Waals surface area contributed by atoms with Gasteiger partial charge in [-0.1, -0.05) is 18.2 Å². The molecule has 1 aliphatic heterocycles. The number of hydrogen-bond donors (Lipinski definition) is 2. The summed E-state index contributed by atoms with van der Waals surface area (Å²) in [4.78, 5) is 8.81. The number of nitrogens with two attached hydrogens (primary N) is 1. The smallest absolute Gasteiger partial charge is 0.213 e. The first-order valence-corrected chi connectivity index (χ1v) is 9.68. The largest absolute Gasteiger partial charge is 0.493 e. The maximum Gasteiger partial charge on any atom is 0.213 e. The first-order valence-electron chi connectivity index (χ1n) is 9.68. The summed E-state index contributed by atoms with van der Waals surface area (Å²) in [6, 6.07) is 12.1. The molecule has 1 fully saturated rings. The number of rotatable bonds is 5. The van der Waals surface area contributed by atoms with Crippen molar-refractivity contribution in [3.8, 4) is 11.6 Å². The highest BCUT2D eigenvalue weighted by molar-refractivity contribution is 5.78. The first-order chi connectivity index (χ1) is 13.3. The van der Waals surface area contributed by atoms with Crippen molar-refractivity contribution in [2.24, 2.45) is 10.7 Å². The van der Waals surface area contributed by atoms with Gasteiger partial charge in [0.2, 0.25) is 5.88 Å². The average molecular weight is 366 g/mol. The number of nitrogens with one attached hydrogen (secondary N) is 1. The molecular formula is C21H26N4O2. The lowest BCUT2D eigenvalue weighted by molar-refractivity contribution is 0.201. The number of guanidine groups is 1. The molecule has 1 saturated carbocycles. The minimum absolute atomic E-state index is 0.123. The SMILES string of the molecule is NC(=NCc1ccnc(OC2CCCC2)c1)NC1CCOc2ccccc21. The van der Waals surface area contributed by atoms with Crippen LogP contribution in [0.5, 0.6) is 11.6 Å². The van der Waals surface area contributed by atoms with Gasteiger partial charge in [0.05, 0.1) is 19.2 Å². The Labute approximate surface area is 159 Å². The van der Waals surface area contributed by atoms with Crippen LogP contribution in [0.2, 0.25) is 0 Å². The third kappa shape index (κ3) is 4.51. The van der Waals surface area contributed by atoms with Gasteiger partial charge in [-0.05, 0) is 43.4 Å². The molecule has 1 aromatic heterocycles. The third-order valence-electron chi connectivity index (χ3n) is 5.10. The Kier molecular flexibility index (Phi) is 5.42. The van der Waals surface area contributed by atoms with Gasteiger partial charge in [-0.25, -0.2) is 9.98 Å². The molecule has 3 N–H and O–H groups in total. The zero-order valence-corrected chi connectivity index (χ0v) is 15.4. The summed E-state index contributed by atoms with van der Waals surface area (Å²) < 4.78 is 11.7. The molecule has 27 heavy (non-hydrogen) atoms. The van der Waals surface area contributed by atoms with E-state index in [4.69, 9.17) is 15.2 Å². The number of hydrogen-bond acceptors (Lipinski definition) is 4. The molecule has 0 radical (unpaired) electrons. The molecule has 0 amide bonds. The zero-order valence-electron chi connectivity index (χ0n) is 15.4. The van der Waals surface area contributed by atoms with E-state index < -0.39 is 0 Å². The highest BCUT2D eigenvalue weighted by atomic mass is 16.5. The Morgan fingerprint density at radius 1 is 1.22 bits per heavy atom. The first kappa shape index (κ1) is 17.6. The number of aliphatic imine (C=N–C) groups is 1. The van der Waals surface area contributed by atoms with Crippen LogP contribution in [0.15, 0.2) is 47.6 Å². The number of para-hydroxylation sites is 1. The summed E-state index contributed by atoms with van der Waals surface area (Å²) in [6.07, 6.45) is 7.66. The van der Waals surface area contributed by atoms with E-state index in [2.05, 4.69) is 21.4 Å². The molecule has 2 heterocycles. The minimum atomic E-state index is 0.123. The van der Waals surface area contributed by atoms with Crippen molar-refractivity contribution in [1.29, 1.82) is 0 Å².